The van der Waals surface area contributed by atoms with E-state index in [1.807, 2.05) is 13.0 Å². The van der Waals surface area contributed by atoms with E-state index in [0.29, 0.717) is 38.0 Å². The zero-order valence-corrected chi connectivity index (χ0v) is 18.7. The molecule has 0 spiro atoms. The third-order valence-electron chi connectivity index (χ3n) is 5.62. The standard InChI is InChI=1S/C25H17Cl2NO4/c1-13-3-9-19-17(11-13)23(29)21-22(14-4-6-15(26)7-5-14)28(25(30)24(21)32-19)16-8-10-20(31-2)18(27)12-16/h3-12,22H,1-2H3. The summed E-state index contributed by atoms with van der Waals surface area (Å²) in [6.07, 6.45) is 0. The van der Waals surface area contributed by atoms with Crippen molar-refractivity contribution in [3.63, 3.8) is 0 Å². The first kappa shape index (κ1) is 20.6. The highest BCUT2D eigenvalue weighted by Crippen LogP contribution is 2.43. The van der Waals surface area contributed by atoms with E-state index < -0.39 is 11.9 Å². The molecule has 5 rings (SSSR count). The van der Waals surface area contributed by atoms with Gasteiger partial charge < -0.3 is 9.15 Å². The quantitative estimate of drug-likeness (QED) is 0.363. The van der Waals surface area contributed by atoms with Gasteiger partial charge >= 0.3 is 0 Å². The van der Waals surface area contributed by atoms with E-state index in [0.717, 1.165) is 11.1 Å². The molecule has 0 saturated heterocycles. The lowest BCUT2D eigenvalue weighted by Crippen LogP contribution is -2.29. The molecule has 0 saturated carbocycles. The highest BCUT2D eigenvalue weighted by atomic mass is 35.5. The summed E-state index contributed by atoms with van der Waals surface area (Å²) in [6, 6.07) is 16.7. The maximum Gasteiger partial charge on any atom is 0.295 e. The molecule has 160 valence electrons. The Morgan fingerprint density at radius 3 is 2.41 bits per heavy atom. The Labute approximate surface area is 193 Å². The molecule has 0 bridgehead atoms. The molecule has 3 aromatic carbocycles. The third-order valence-corrected chi connectivity index (χ3v) is 6.17. The zero-order chi connectivity index (χ0) is 22.6. The van der Waals surface area contributed by atoms with Crippen LogP contribution >= 0.6 is 23.2 Å². The largest absolute Gasteiger partial charge is 0.495 e. The first-order chi connectivity index (χ1) is 15.4. The minimum absolute atomic E-state index is 0.0262. The molecule has 0 fully saturated rings. The fraction of sp³-hybridized carbons (Fsp3) is 0.120. The van der Waals surface area contributed by atoms with Gasteiger partial charge in [0.15, 0.2) is 5.43 Å². The van der Waals surface area contributed by atoms with Gasteiger partial charge in [-0.05, 0) is 55.0 Å². The van der Waals surface area contributed by atoms with Crippen LogP contribution in [0.3, 0.4) is 0 Å². The minimum Gasteiger partial charge on any atom is -0.495 e. The van der Waals surface area contributed by atoms with Crippen molar-refractivity contribution in [3.8, 4) is 5.75 Å². The Morgan fingerprint density at radius 2 is 1.72 bits per heavy atom. The molecule has 4 aromatic rings. The lowest BCUT2D eigenvalue weighted by atomic mass is 9.98. The number of methoxy groups -OCH3 is 1. The highest BCUT2D eigenvalue weighted by Gasteiger charge is 2.43. The number of carbonyl (C=O) groups is 1. The summed E-state index contributed by atoms with van der Waals surface area (Å²) < 4.78 is 11.2. The molecule has 0 aliphatic carbocycles. The van der Waals surface area contributed by atoms with Gasteiger partial charge in [-0.2, -0.15) is 0 Å². The summed E-state index contributed by atoms with van der Waals surface area (Å²) >= 11 is 12.4. The lowest BCUT2D eigenvalue weighted by Gasteiger charge is -2.25. The Bertz CT molecular complexity index is 1440. The fourth-order valence-corrected chi connectivity index (χ4v) is 4.50. The maximum absolute atomic E-state index is 13.6. The average molecular weight is 466 g/mol. The number of aryl methyl sites for hydroxylation is 1. The van der Waals surface area contributed by atoms with Crippen LogP contribution in [0.15, 0.2) is 69.9 Å². The molecule has 1 aromatic heterocycles. The molecule has 5 nitrogen and oxygen atoms in total. The maximum atomic E-state index is 13.6. The zero-order valence-electron chi connectivity index (χ0n) is 17.2. The van der Waals surface area contributed by atoms with E-state index in [1.165, 1.54) is 12.0 Å². The molecule has 0 N–H and O–H groups in total. The van der Waals surface area contributed by atoms with Gasteiger partial charge in [-0.15, -0.1) is 0 Å². The van der Waals surface area contributed by atoms with Crippen LogP contribution in [0.2, 0.25) is 10.0 Å². The normalized spacial score (nSPS) is 15.3. The van der Waals surface area contributed by atoms with Crippen molar-refractivity contribution in [2.45, 2.75) is 13.0 Å². The molecular weight excluding hydrogens is 449 g/mol. The van der Waals surface area contributed by atoms with Gasteiger partial charge in [-0.25, -0.2) is 0 Å². The molecule has 32 heavy (non-hydrogen) atoms. The van der Waals surface area contributed by atoms with Crippen molar-refractivity contribution in [2.24, 2.45) is 0 Å². The lowest BCUT2D eigenvalue weighted by molar-refractivity contribution is 0.0971. The van der Waals surface area contributed by atoms with E-state index in [4.69, 9.17) is 32.4 Å². The number of rotatable bonds is 3. The summed E-state index contributed by atoms with van der Waals surface area (Å²) in [6.45, 7) is 1.90. The SMILES string of the molecule is COc1ccc(N2C(=O)c3oc4ccc(C)cc4c(=O)c3C2c2ccc(Cl)cc2)cc1Cl. The summed E-state index contributed by atoms with van der Waals surface area (Å²) in [7, 11) is 1.52. The number of fused-ring (bicyclic) bond motifs is 2. The van der Waals surface area contributed by atoms with Crippen molar-refractivity contribution in [1.82, 2.24) is 0 Å². The van der Waals surface area contributed by atoms with Crippen LogP contribution in [0.25, 0.3) is 11.0 Å². The number of halogens is 2. The second-order valence-electron chi connectivity index (χ2n) is 7.62. The number of benzene rings is 3. The van der Waals surface area contributed by atoms with Crippen molar-refractivity contribution < 1.29 is 13.9 Å². The minimum atomic E-state index is -0.694. The summed E-state index contributed by atoms with van der Waals surface area (Å²) in [5.74, 6) is 0.0945. The van der Waals surface area contributed by atoms with Crippen molar-refractivity contribution >= 4 is 45.8 Å². The topological polar surface area (TPSA) is 59.8 Å². The smallest absolute Gasteiger partial charge is 0.295 e. The van der Waals surface area contributed by atoms with Crippen LogP contribution in [0, 0.1) is 6.92 Å². The number of carbonyl (C=O) groups excluding carboxylic acids is 1. The molecule has 1 unspecified atom stereocenters. The first-order valence-electron chi connectivity index (χ1n) is 9.89. The number of anilines is 1. The van der Waals surface area contributed by atoms with E-state index in [-0.39, 0.29) is 11.2 Å². The molecule has 1 aliphatic rings. The number of hydrogen-bond donors (Lipinski definition) is 0. The number of amides is 1. The first-order valence-corrected chi connectivity index (χ1v) is 10.6. The van der Waals surface area contributed by atoms with Gasteiger partial charge in [0.25, 0.3) is 5.91 Å². The van der Waals surface area contributed by atoms with Crippen LogP contribution in [0.1, 0.15) is 33.3 Å². The van der Waals surface area contributed by atoms with Gasteiger partial charge in [-0.1, -0.05) is 47.0 Å². The van der Waals surface area contributed by atoms with Crippen molar-refractivity contribution in [2.75, 3.05) is 12.0 Å². The molecule has 2 heterocycles. The summed E-state index contributed by atoms with van der Waals surface area (Å²) in [5, 5.41) is 1.34. The van der Waals surface area contributed by atoms with Gasteiger partial charge in [0.05, 0.1) is 29.1 Å². The van der Waals surface area contributed by atoms with Crippen LogP contribution in [-0.4, -0.2) is 13.0 Å². The molecule has 1 aliphatic heterocycles. The second kappa shape index (κ2) is 7.69. The molecular formula is C25H17Cl2NO4. The highest BCUT2D eigenvalue weighted by molar-refractivity contribution is 6.32. The Morgan fingerprint density at radius 1 is 0.969 bits per heavy atom. The molecule has 0 radical (unpaired) electrons. The van der Waals surface area contributed by atoms with Gasteiger partial charge in [-0.3, -0.25) is 14.5 Å². The van der Waals surface area contributed by atoms with Gasteiger partial charge in [0.2, 0.25) is 5.76 Å². The molecule has 7 heteroatoms. The van der Waals surface area contributed by atoms with Crippen LogP contribution in [0.4, 0.5) is 5.69 Å². The van der Waals surface area contributed by atoms with Crippen molar-refractivity contribution in [1.29, 1.82) is 0 Å². The fourth-order valence-electron chi connectivity index (χ4n) is 4.12. The number of hydrogen-bond acceptors (Lipinski definition) is 4. The van der Waals surface area contributed by atoms with Crippen LogP contribution < -0.4 is 15.1 Å². The average Bonchev–Trinajstić information content (AvgIpc) is 3.07. The summed E-state index contributed by atoms with van der Waals surface area (Å²) in [5.41, 5.74) is 2.61. The predicted molar refractivity (Wildman–Crippen MR) is 125 cm³/mol. The Kier molecular flexibility index (Phi) is 4.96. The van der Waals surface area contributed by atoms with Gasteiger partial charge in [0, 0.05) is 10.7 Å². The van der Waals surface area contributed by atoms with E-state index >= 15 is 0 Å². The van der Waals surface area contributed by atoms with Gasteiger partial charge in [0.1, 0.15) is 11.3 Å². The predicted octanol–water partition coefficient (Wildman–Crippen LogP) is 6.17. The van der Waals surface area contributed by atoms with E-state index in [2.05, 4.69) is 0 Å². The third kappa shape index (κ3) is 3.17. The molecule has 1 amide bonds. The Balaban J connectivity index is 1.80. The second-order valence-corrected chi connectivity index (χ2v) is 8.47. The monoisotopic (exact) mass is 465 g/mol. The number of ether oxygens (including phenoxy) is 1. The van der Waals surface area contributed by atoms with Crippen LogP contribution in [0.5, 0.6) is 5.75 Å². The molecule has 1 atom stereocenters. The van der Waals surface area contributed by atoms with Crippen molar-refractivity contribution in [3.05, 3.63) is 103 Å². The van der Waals surface area contributed by atoms with E-state index in [9.17, 15) is 9.59 Å². The summed E-state index contributed by atoms with van der Waals surface area (Å²) in [4.78, 5) is 28.7. The Hall–Kier alpha value is -3.28. The van der Waals surface area contributed by atoms with E-state index in [1.54, 1.807) is 54.6 Å². The van der Waals surface area contributed by atoms with Crippen LogP contribution in [-0.2, 0) is 0 Å². The number of nitrogens with zero attached hydrogens (tertiary/aromatic N) is 1.